The number of nitrogens with zero attached hydrogens (tertiary/aromatic N) is 2. The molecule has 1 aliphatic heterocycles. The summed E-state index contributed by atoms with van der Waals surface area (Å²) in [5.41, 5.74) is 1.96. The lowest BCUT2D eigenvalue weighted by Crippen LogP contribution is -2.38. The Labute approximate surface area is 152 Å². The van der Waals surface area contributed by atoms with Crippen molar-refractivity contribution < 1.29 is 18.3 Å². The van der Waals surface area contributed by atoms with Crippen molar-refractivity contribution in [1.29, 1.82) is 0 Å². The fourth-order valence-corrected chi connectivity index (χ4v) is 3.95. The van der Waals surface area contributed by atoms with Crippen LogP contribution >= 0.6 is 11.3 Å². The maximum Gasteiger partial charge on any atom is 0.387 e. The Morgan fingerprint density at radius 3 is 3.04 bits per heavy atom. The van der Waals surface area contributed by atoms with Crippen LogP contribution in [0.25, 0.3) is 10.9 Å². The average Bonchev–Trinajstić information content (AvgIpc) is 3.11. The molecule has 0 saturated heterocycles. The van der Waals surface area contributed by atoms with Gasteiger partial charge in [-0.2, -0.15) is 8.78 Å². The van der Waals surface area contributed by atoms with Crippen molar-refractivity contribution in [3.63, 3.8) is 0 Å². The Hall–Kier alpha value is -2.74. The lowest BCUT2D eigenvalue weighted by Gasteiger charge is -2.27. The van der Waals surface area contributed by atoms with Crippen LogP contribution in [0.4, 0.5) is 19.3 Å². The number of carbonyl (C=O) groups excluding carboxylic acids is 1. The van der Waals surface area contributed by atoms with Crippen molar-refractivity contribution in [2.75, 3.05) is 11.9 Å². The molecule has 0 aliphatic carbocycles. The van der Waals surface area contributed by atoms with Crippen LogP contribution in [0, 0.1) is 0 Å². The van der Waals surface area contributed by atoms with Crippen molar-refractivity contribution in [3.8, 4) is 5.75 Å². The second kappa shape index (κ2) is 6.87. The summed E-state index contributed by atoms with van der Waals surface area (Å²) in [6.45, 7) is -1.73. The first-order valence-electron chi connectivity index (χ1n) is 8.05. The standard InChI is InChI=1S/C18H15F2N3O2S/c19-17(20)25-14-4-3-13(12-2-1-7-21-16(12)14)22-18(24)23-8-5-15-11(10-23)6-9-26-15/h1-4,6-7,9,17H,5,8,10H2,(H,22,24). The zero-order chi connectivity index (χ0) is 18.1. The molecule has 26 heavy (non-hydrogen) atoms. The molecule has 134 valence electrons. The summed E-state index contributed by atoms with van der Waals surface area (Å²) in [6.07, 6.45) is 2.33. The van der Waals surface area contributed by atoms with E-state index in [1.165, 1.54) is 22.7 Å². The Morgan fingerprint density at radius 2 is 2.19 bits per heavy atom. The van der Waals surface area contributed by atoms with E-state index in [0.717, 1.165) is 6.42 Å². The molecule has 2 aromatic heterocycles. The van der Waals surface area contributed by atoms with Gasteiger partial charge in [0.2, 0.25) is 0 Å². The number of hydrogen-bond acceptors (Lipinski definition) is 4. The molecule has 0 spiro atoms. The van der Waals surface area contributed by atoms with Gasteiger partial charge >= 0.3 is 12.6 Å². The van der Waals surface area contributed by atoms with E-state index in [1.807, 2.05) is 11.4 Å². The molecule has 0 unspecified atom stereocenters. The van der Waals surface area contributed by atoms with Crippen LogP contribution < -0.4 is 10.1 Å². The number of amides is 2. The van der Waals surface area contributed by atoms with Gasteiger partial charge in [-0.1, -0.05) is 0 Å². The molecule has 0 fully saturated rings. The van der Waals surface area contributed by atoms with Gasteiger partial charge in [-0.3, -0.25) is 4.98 Å². The minimum atomic E-state index is -2.94. The van der Waals surface area contributed by atoms with Crippen molar-refractivity contribution in [2.24, 2.45) is 0 Å². The van der Waals surface area contributed by atoms with Gasteiger partial charge in [0.1, 0.15) is 5.52 Å². The molecule has 5 nitrogen and oxygen atoms in total. The van der Waals surface area contributed by atoms with Gasteiger partial charge in [0.15, 0.2) is 5.75 Å². The number of hydrogen-bond donors (Lipinski definition) is 1. The number of rotatable bonds is 3. The first kappa shape index (κ1) is 16.7. The van der Waals surface area contributed by atoms with Crippen LogP contribution in [0.15, 0.2) is 41.9 Å². The van der Waals surface area contributed by atoms with Gasteiger partial charge in [0, 0.05) is 29.5 Å². The predicted molar refractivity (Wildman–Crippen MR) is 95.8 cm³/mol. The molecule has 0 saturated carbocycles. The third-order valence-electron chi connectivity index (χ3n) is 4.29. The highest BCUT2D eigenvalue weighted by atomic mass is 32.1. The van der Waals surface area contributed by atoms with Crippen molar-refractivity contribution >= 4 is 34.0 Å². The quantitative estimate of drug-likeness (QED) is 0.734. The number of urea groups is 1. The number of fused-ring (bicyclic) bond motifs is 2. The Balaban J connectivity index is 1.58. The number of nitrogens with one attached hydrogen (secondary N) is 1. The average molecular weight is 375 g/mol. The van der Waals surface area contributed by atoms with Crippen molar-refractivity contribution in [1.82, 2.24) is 9.88 Å². The van der Waals surface area contributed by atoms with Crippen molar-refractivity contribution in [3.05, 3.63) is 52.3 Å². The number of benzene rings is 1. The third kappa shape index (κ3) is 3.20. The summed E-state index contributed by atoms with van der Waals surface area (Å²) in [5.74, 6) is -0.0190. The number of pyridine rings is 1. The largest absolute Gasteiger partial charge is 0.432 e. The lowest BCUT2D eigenvalue weighted by molar-refractivity contribution is -0.0489. The molecule has 3 aromatic rings. The molecule has 2 amide bonds. The maximum atomic E-state index is 12.7. The molecular formula is C18H15F2N3O2S. The number of alkyl halides is 2. The van der Waals surface area contributed by atoms with Crippen LogP contribution in [0.5, 0.6) is 5.75 Å². The maximum absolute atomic E-state index is 12.7. The summed E-state index contributed by atoms with van der Waals surface area (Å²) < 4.78 is 29.7. The number of carbonyl (C=O) groups is 1. The molecule has 1 aromatic carbocycles. The summed E-state index contributed by atoms with van der Waals surface area (Å²) in [7, 11) is 0. The molecule has 0 radical (unpaired) electrons. The highest BCUT2D eigenvalue weighted by molar-refractivity contribution is 7.10. The zero-order valence-electron chi connectivity index (χ0n) is 13.6. The summed E-state index contributed by atoms with van der Waals surface area (Å²) in [5, 5.41) is 5.45. The molecular weight excluding hydrogens is 360 g/mol. The summed E-state index contributed by atoms with van der Waals surface area (Å²) in [6, 6.07) is 8.15. The molecule has 1 N–H and O–H groups in total. The van der Waals surface area contributed by atoms with Gasteiger partial charge in [0.25, 0.3) is 0 Å². The van der Waals surface area contributed by atoms with Crippen LogP contribution in [0.2, 0.25) is 0 Å². The molecule has 4 rings (SSSR count). The highest BCUT2D eigenvalue weighted by Gasteiger charge is 2.22. The second-order valence-corrected chi connectivity index (χ2v) is 6.86. The number of halogens is 2. The topological polar surface area (TPSA) is 54.5 Å². The van der Waals surface area contributed by atoms with Crippen molar-refractivity contribution in [2.45, 2.75) is 19.6 Å². The fraction of sp³-hybridized carbons (Fsp3) is 0.222. The lowest BCUT2D eigenvalue weighted by atomic mass is 10.1. The zero-order valence-corrected chi connectivity index (χ0v) is 14.4. The van der Waals surface area contributed by atoms with Crippen LogP contribution in [0.1, 0.15) is 10.4 Å². The Bertz CT molecular complexity index is 961. The van der Waals surface area contributed by atoms with Gasteiger partial charge in [-0.15, -0.1) is 11.3 Å². The van der Waals surface area contributed by atoms with Crippen LogP contribution in [-0.4, -0.2) is 29.1 Å². The Morgan fingerprint density at radius 1 is 1.31 bits per heavy atom. The minimum absolute atomic E-state index is 0.0190. The first-order chi connectivity index (χ1) is 12.6. The van der Waals surface area contributed by atoms with Crippen LogP contribution in [0.3, 0.4) is 0 Å². The van der Waals surface area contributed by atoms with E-state index in [4.69, 9.17) is 0 Å². The second-order valence-electron chi connectivity index (χ2n) is 5.86. The number of anilines is 1. The van der Waals surface area contributed by atoms with E-state index in [1.54, 1.807) is 34.4 Å². The third-order valence-corrected chi connectivity index (χ3v) is 5.31. The van der Waals surface area contributed by atoms with Gasteiger partial charge in [-0.05, 0) is 47.7 Å². The summed E-state index contributed by atoms with van der Waals surface area (Å²) >= 11 is 1.71. The Kier molecular flexibility index (Phi) is 4.42. The number of aromatic nitrogens is 1. The van der Waals surface area contributed by atoms with Gasteiger partial charge in [0.05, 0.1) is 5.69 Å². The SMILES string of the molecule is O=C(Nc1ccc(OC(F)F)c2ncccc12)N1CCc2sccc2C1. The van der Waals surface area contributed by atoms with E-state index >= 15 is 0 Å². The molecule has 0 bridgehead atoms. The minimum Gasteiger partial charge on any atom is -0.432 e. The highest BCUT2D eigenvalue weighted by Crippen LogP contribution is 2.31. The number of thiophene rings is 1. The molecule has 0 atom stereocenters. The first-order valence-corrected chi connectivity index (χ1v) is 8.93. The smallest absolute Gasteiger partial charge is 0.387 e. The van der Waals surface area contributed by atoms with Crippen LogP contribution in [-0.2, 0) is 13.0 Å². The number of ether oxygens (including phenoxy) is 1. The monoisotopic (exact) mass is 375 g/mol. The molecule has 1 aliphatic rings. The summed E-state index contributed by atoms with van der Waals surface area (Å²) in [4.78, 5) is 19.8. The van der Waals surface area contributed by atoms with E-state index < -0.39 is 6.61 Å². The molecule has 3 heterocycles. The van der Waals surface area contributed by atoms with E-state index in [9.17, 15) is 13.6 Å². The fourth-order valence-electron chi connectivity index (χ4n) is 3.06. The van der Waals surface area contributed by atoms with E-state index in [2.05, 4.69) is 15.0 Å². The van der Waals surface area contributed by atoms with E-state index in [0.29, 0.717) is 24.2 Å². The van der Waals surface area contributed by atoms with Gasteiger partial charge < -0.3 is 15.0 Å². The van der Waals surface area contributed by atoms with Gasteiger partial charge in [-0.25, -0.2) is 4.79 Å². The molecule has 8 heteroatoms. The predicted octanol–water partition coefficient (Wildman–Crippen LogP) is 4.49. The normalized spacial score (nSPS) is 13.7. The van der Waals surface area contributed by atoms with E-state index in [-0.39, 0.29) is 17.3 Å².